The lowest BCUT2D eigenvalue weighted by molar-refractivity contribution is -0.122. The summed E-state index contributed by atoms with van der Waals surface area (Å²) in [6.45, 7) is 5.56. The number of para-hydroxylation sites is 1. The molecule has 3 aromatic carbocycles. The molecular weight excluding hydrogens is 426 g/mol. The average Bonchev–Trinajstić information content (AvgIpc) is 3.34. The second-order valence-electron chi connectivity index (χ2n) is 8.11. The van der Waals surface area contributed by atoms with Gasteiger partial charge in [0.15, 0.2) is 5.17 Å². The van der Waals surface area contributed by atoms with E-state index < -0.39 is 0 Å². The van der Waals surface area contributed by atoms with E-state index in [0.717, 1.165) is 28.7 Å². The van der Waals surface area contributed by atoms with Gasteiger partial charge in [-0.2, -0.15) is 0 Å². The third-order valence-corrected chi connectivity index (χ3v) is 6.78. The van der Waals surface area contributed by atoms with Crippen LogP contribution in [-0.4, -0.2) is 20.5 Å². The van der Waals surface area contributed by atoms with Gasteiger partial charge in [-0.25, -0.2) is 4.99 Å². The largest absolute Gasteiger partial charge is 0.347 e. The molecule has 0 bridgehead atoms. The number of aromatic nitrogens is 1. The van der Waals surface area contributed by atoms with Crippen LogP contribution in [0, 0.1) is 6.92 Å². The average molecular weight is 452 g/mol. The normalized spacial score (nSPS) is 16.4. The number of nitrogens with zero attached hydrogens (tertiary/aromatic N) is 3. The topological polar surface area (TPSA) is 37.6 Å². The minimum atomic E-state index is -0.0111. The zero-order valence-electron chi connectivity index (χ0n) is 18.7. The summed E-state index contributed by atoms with van der Waals surface area (Å²) in [5, 5.41) is 1.86. The van der Waals surface area contributed by atoms with Crippen LogP contribution in [0.5, 0.6) is 0 Å². The van der Waals surface area contributed by atoms with Crippen LogP contribution in [0.4, 0.5) is 5.69 Å². The number of carbonyl (C=O) groups is 1. The number of hydrogen-bond acceptors (Lipinski definition) is 3. The van der Waals surface area contributed by atoms with Gasteiger partial charge in [-0.15, -0.1) is 0 Å². The van der Waals surface area contributed by atoms with Crippen LogP contribution in [0.2, 0.25) is 0 Å². The maximum atomic E-state index is 13.5. The van der Waals surface area contributed by atoms with Gasteiger partial charge in [-0.05, 0) is 55.4 Å². The van der Waals surface area contributed by atoms with Crippen molar-refractivity contribution in [1.82, 2.24) is 9.47 Å². The Morgan fingerprint density at radius 1 is 0.939 bits per heavy atom. The first-order chi connectivity index (χ1) is 16.1. The van der Waals surface area contributed by atoms with Gasteiger partial charge in [0.05, 0.1) is 17.1 Å². The minimum Gasteiger partial charge on any atom is -0.347 e. The first-order valence-electron chi connectivity index (χ1n) is 11.1. The van der Waals surface area contributed by atoms with Gasteiger partial charge in [0.25, 0.3) is 5.91 Å². The number of aliphatic imine (C=N–C) groups is 1. The molecule has 1 fully saturated rings. The lowest BCUT2D eigenvalue weighted by Gasteiger charge is -2.15. The molecule has 1 aromatic heterocycles. The molecule has 0 spiro atoms. The highest BCUT2D eigenvalue weighted by Crippen LogP contribution is 2.36. The van der Waals surface area contributed by atoms with Crippen molar-refractivity contribution in [2.75, 3.05) is 0 Å². The van der Waals surface area contributed by atoms with Gasteiger partial charge >= 0.3 is 0 Å². The van der Waals surface area contributed by atoms with E-state index in [-0.39, 0.29) is 5.91 Å². The number of aryl methyl sites for hydroxylation is 2. The van der Waals surface area contributed by atoms with E-state index in [0.29, 0.717) is 16.6 Å². The van der Waals surface area contributed by atoms with Gasteiger partial charge in [-0.3, -0.25) is 9.69 Å². The molecule has 4 nitrogen and oxygen atoms in total. The fraction of sp³-hybridized carbons (Fsp3) is 0.143. The summed E-state index contributed by atoms with van der Waals surface area (Å²) in [5.41, 5.74) is 5.34. The summed E-state index contributed by atoms with van der Waals surface area (Å²) in [5.74, 6) is -0.0111. The van der Waals surface area contributed by atoms with E-state index in [2.05, 4.69) is 42.8 Å². The Balaban J connectivity index is 1.55. The number of fused-ring (bicyclic) bond motifs is 1. The Labute approximate surface area is 198 Å². The van der Waals surface area contributed by atoms with Crippen LogP contribution in [0.1, 0.15) is 23.6 Å². The number of rotatable bonds is 5. The predicted octanol–water partition coefficient (Wildman–Crippen LogP) is 6.77. The number of amides is 1. The molecule has 0 aliphatic carbocycles. The molecule has 1 aliphatic heterocycles. The van der Waals surface area contributed by atoms with E-state index in [1.54, 1.807) is 4.90 Å². The Kier molecular flexibility index (Phi) is 5.88. The summed E-state index contributed by atoms with van der Waals surface area (Å²) in [7, 11) is 0. The highest BCUT2D eigenvalue weighted by molar-refractivity contribution is 8.18. The first kappa shape index (κ1) is 21.3. The molecule has 33 heavy (non-hydrogen) atoms. The molecule has 2 heterocycles. The quantitative estimate of drug-likeness (QED) is 0.314. The van der Waals surface area contributed by atoms with Crippen LogP contribution in [0.3, 0.4) is 0 Å². The van der Waals surface area contributed by atoms with Crippen LogP contribution in [-0.2, 0) is 17.9 Å². The van der Waals surface area contributed by atoms with Crippen molar-refractivity contribution in [2.45, 2.75) is 26.9 Å². The van der Waals surface area contributed by atoms with Crippen LogP contribution in [0.15, 0.2) is 95.0 Å². The van der Waals surface area contributed by atoms with E-state index in [9.17, 15) is 4.79 Å². The Bertz CT molecular complexity index is 1370. The van der Waals surface area contributed by atoms with Gasteiger partial charge in [0.1, 0.15) is 0 Å². The van der Waals surface area contributed by atoms with Crippen molar-refractivity contribution >= 4 is 45.5 Å². The van der Waals surface area contributed by atoms with Gasteiger partial charge < -0.3 is 4.57 Å². The van der Waals surface area contributed by atoms with E-state index in [4.69, 9.17) is 4.99 Å². The molecule has 0 unspecified atom stereocenters. The summed E-state index contributed by atoms with van der Waals surface area (Å²) in [4.78, 5) is 20.8. The molecule has 1 amide bonds. The Morgan fingerprint density at radius 2 is 1.67 bits per heavy atom. The van der Waals surface area contributed by atoms with Crippen molar-refractivity contribution in [2.24, 2.45) is 4.99 Å². The highest BCUT2D eigenvalue weighted by Gasteiger charge is 2.33. The predicted molar refractivity (Wildman–Crippen MR) is 138 cm³/mol. The standard InChI is InChI=1S/C28H25N3OS/c1-3-30-19-22(24-11-7-8-12-25(24)30)17-26-27(32)31(18-21-9-5-4-6-10-21)28(33-26)29-23-15-13-20(2)14-16-23/h4-17,19H,3,18H2,1-2H3/b26-17+,29-28?. The zero-order chi connectivity index (χ0) is 22.8. The zero-order valence-corrected chi connectivity index (χ0v) is 19.5. The summed E-state index contributed by atoms with van der Waals surface area (Å²) >= 11 is 1.44. The number of benzene rings is 3. The van der Waals surface area contributed by atoms with Crippen molar-refractivity contribution in [3.05, 3.63) is 107 Å². The molecule has 1 aliphatic rings. The first-order valence-corrected chi connectivity index (χ1v) is 11.9. The smallest absolute Gasteiger partial charge is 0.267 e. The molecule has 5 heteroatoms. The summed E-state index contributed by atoms with van der Waals surface area (Å²) in [6, 6.07) is 26.4. The second-order valence-corrected chi connectivity index (χ2v) is 9.11. The molecule has 1 saturated heterocycles. The minimum absolute atomic E-state index is 0.0111. The molecule has 0 radical (unpaired) electrons. The lowest BCUT2D eigenvalue weighted by atomic mass is 10.1. The number of amidine groups is 1. The molecule has 5 rings (SSSR count). The third kappa shape index (κ3) is 4.37. The van der Waals surface area contributed by atoms with Crippen molar-refractivity contribution in [3.63, 3.8) is 0 Å². The van der Waals surface area contributed by atoms with Crippen LogP contribution in [0.25, 0.3) is 17.0 Å². The van der Waals surface area contributed by atoms with Crippen molar-refractivity contribution in [3.8, 4) is 0 Å². The molecular formula is C28H25N3OS. The molecule has 0 saturated carbocycles. The summed E-state index contributed by atoms with van der Waals surface area (Å²) in [6.07, 6.45) is 4.14. The molecule has 164 valence electrons. The molecule has 0 N–H and O–H groups in total. The van der Waals surface area contributed by atoms with Gasteiger partial charge in [-0.1, -0.05) is 66.2 Å². The van der Waals surface area contributed by atoms with E-state index in [1.165, 1.54) is 22.8 Å². The monoisotopic (exact) mass is 451 g/mol. The molecule has 0 atom stereocenters. The number of hydrogen-bond donors (Lipinski definition) is 0. The second kappa shape index (κ2) is 9.12. The van der Waals surface area contributed by atoms with Gasteiger partial charge in [0.2, 0.25) is 0 Å². The Morgan fingerprint density at radius 3 is 2.42 bits per heavy atom. The van der Waals surface area contributed by atoms with Crippen LogP contribution >= 0.6 is 11.8 Å². The van der Waals surface area contributed by atoms with Crippen molar-refractivity contribution < 1.29 is 4.79 Å². The fourth-order valence-electron chi connectivity index (χ4n) is 4.02. The maximum absolute atomic E-state index is 13.5. The van der Waals surface area contributed by atoms with E-state index >= 15 is 0 Å². The maximum Gasteiger partial charge on any atom is 0.267 e. The lowest BCUT2D eigenvalue weighted by Crippen LogP contribution is -2.28. The molecule has 4 aromatic rings. The van der Waals surface area contributed by atoms with E-state index in [1.807, 2.05) is 66.7 Å². The SMILES string of the molecule is CCn1cc(/C=C2/SC(=Nc3ccc(C)cc3)N(Cc3ccccc3)C2=O)c2ccccc21. The number of carbonyl (C=O) groups excluding carboxylic acids is 1. The van der Waals surface area contributed by atoms with Crippen molar-refractivity contribution in [1.29, 1.82) is 0 Å². The Hall–Kier alpha value is -3.57. The summed E-state index contributed by atoms with van der Waals surface area (Å²) < 4.78 is 2.22. The fourth-order valence-corrected chi connectivity index (χ4v) is 5.01. The number of thioether (sulfide) groups is 1. The highest BCUT2D eigenvalue weighted by atomic mass is 32.2. The van der Waals surface area contributed by atoms with Gasteiger partial charge in [0, 0.05) is 29.2 Å². The third-order valence-electron chi connectivity index (χ3n) is 5.78. The van der Waals surface area contributed by atoms with Crippen LogP contribution < -0.4 is 0 Å².